The monoisotopic (exact) mass is 308 g/mol. The lowest BCUT2D eigenvalue weighted by atomic mass is 10.1. The molecule has 0 aliphatic heterocycles. The van der Waals surface area contributed by atoms with Gasteiger partial charge in [0.25, 0.3) is 0 Å². The molecule has 0 radical (unpaired) electrons. The van der Waals surface area contributed by atoms with Crippen molar-refractivity contribution in [2.75, 3.05) is 0 Å². The van der Waals surface area contributed by atoms with Gasteiger partial charge in [0.15, 0.2) is 0 Å². The summed E-state index contributed by atoms with van der Waals surface area (Å²) in [4.78, 5) is 0. The topological polar surface area (TPSA) is 42.7 Å². The molecular weight excluding hydrogens is 292 g/mol. The smallest absolute Gasteiger partial charge is 0.149 e. The average Bonchev–Trinajstić information content (AvgIpc) is 2.76. The van der Waals surface area contributed by atoms with Crippen LogP contribution in [0.2, 0.25) is 0 Å². The Bertz CT molecular complexity index is 523. The Hall–Kier alpha value is -1.20. The third-order valence-corrected chi connectivity index (χ3v) is 3.73. The summed E-state index contributed by atoms with van der Waals surface area (Å²) in [5.74, 6) is 0.939. The summed E-state index contributed by atoms with van der Waals surface area (Å²) in [6, 6.07) is 8.63. The highest BCUT2D eigenvalue weighted by Crippen LogP contribution is 2.24. The van der Waals surface area contributed by atoms with E-state index in [0.717, 1.165) is 10.3 Å². The molecule has 2 rings (SSSR count). The van der Waals surface area contributed by atoms with Gasteiger partial charge in [0, 0.05) is 17.6 Å². The number of aryl methyl sites for hydroxylation is 1. The van der Waals surface area contributed by atoms with Gasteiger partial charge in [-0.25, -0.2) is 0 Å². The minimum atomic E-state index is 0.152. The summed E-state index contributed by atoms with van der Waals surface area (Å²) in [5.41, 5.74) is 1.24. The van der Waals surface area contributed by atoms with Crippen LogP contribution >= 0.6 is 15.9 Å². The second-order valence-corrected chi connectivity index (χ2v) is 5.29. The van der Waals surface area contributed by atoms with Crippen molar-refractivity contribution < 1.29 is 0 Å². The van der Waals surface area contributed by atoms with Crippen LogP contribution < -0.4 is 5.32 Å². The number of aromatic nitrogens is 3. The third-order valence-electron chi connectivity index (χ3n) is 3.01. The van der Waals surface area contributed by atoms with Crippen LogP contribution in [0.15, 0.2) is 35.1 Å². The molecule has 0 aliphatic carbocycles. The number of halogens is 1. The van der Waals surface area contributed by atoms with Crippen LogP contribution in [0.4, 0.5) is 0 Å². The Kier molecular flexibility index (Phi) is 4.14. The molecule has 0 fully saturated rings. The zero-order chi connectivity index (χ0) is 13.1. The largest absolute Gasteiger partial charge is 0.319 e. The number of hydrogen-bond acceptors (Lipinski definition) is 3. The van der Waals surface area contributed by atoms with Crippen molar-refractivity contribution in [3.63, 3.8) is 0 Å². The standard InChI is InChI=1S/C13H17BrN4/c1-9(11-6-4-5-7-12(11)14)16-10(2)13-17-15-8-18(13)3/h4-10,16H,1-3H3. The molecule has 0 saturated carbocycles. The molecule has 2 aromatic rings. The van der Waals surface area contributed by atoms with E-state index >= 15 is 0 Å². The van der Waals surface area contributed by atoms with Crippen LogP contribution in [-0.2, 0) is 7.05 Å². The fourth-order valence-corrected chi connectivity index (χ4v) is 2.68. The minimum Gasteiger partial charge on any atom is -0.319 e. The highest BCUT2D eigenvalue weighted by atomic mass is 79.9. The molecule has 18 heavy (non-hydrogen) atoms. The molecule has 2 unspecified atom stereocenters. The van der Waals surface area contributed by atoms with Gasteiger partial charge >= 0.3 is 0 Å². The summed E-state index contributed by atoms with van der Waals surface area (Å²) in [7, 11) is 1.95. The zero-order valence-electron chi connectivity index (χ0n) is 10.8. The van der Waals surface area contributed by atoms with Crippen molar-refractivity contribution in [1.29, 1.82) is 0 Å². The van der Waals surface area contributed by atoms with Crippen LogP contribution in [0, 0.1) is 0 Å². The number of nitrogens with one attached hydrogen (secondary N) is 1. The molecule has 0 saturated heterocycles. The van der Waals surface area contributed by atoms with Crippen molar-refractivity contribution in [1.82, 2.24) is 20.1 Å². The average molecular weight is 309 g/mol. The number of benzene rings is 1. The summed E-state index contributed by atoms with van der Waals surface area (Å²) in [5, 5.41) is 11.6. The molecule has 96 valence electrons. The van der Waals surface area contributed by atoms with Gasteiger partial charge in [-0.15, -0.1) is 10.2 Å². The van der Waals surface area contributed by atoms with E-state index < -0.39 is 0 Å². The van der Waals surface area contributed by atoms with Crippen molar-refractivity contribution in [3.05, 3.63) is 46.5 Å². The first-order valence-corrected chi connectivity index (χ1v) is 6.73. The first-order valence-electron chi connectivity index (χ1n) is 5.94. The quantitative estimate of drug-likeness (QED) is 0.944. The first-order chi connectivity index (χ1) is 8.59. The van der Waals surface area contributed by atoms with E-state index in [1.54, 1.807) is 6.33 Å². The van der Waals surface area contributed by atoms with Gasteiger partial charge in [-0.05, 0) is 25.5 Å². The van der Waals surface area contributed by atoms with Crippen molar-refractivity contribution in [2.45, 2.75) is 25.9 Å². The van der Waals surface area contributed by atoms with Crippen LogP contribution in [0.25, 0.3) is 0 Å². The van der Waals surface area contributed by atoms with E-state index in [0.29, 0.717) is 0 Å². The maximum absolute atomic E-state index is 4.12. The SMILES string of the molecule is CC(NC(C)c1nncn1C)c1ccccc1Br. The lowest BCUT2D eigenvalue weighted by molar-refractivity contribution is 0.465. The second-order valence-electron chi connectivity index (χ2n) is 4.43. The lowest BCUT2D eigenvalue weighted by Gasteiger charge is -2.20. The van der Waals surface area contributed by atoms with Gasteiger partial charge in [-0.1, -0.05) is 34.1 Å². The van der Waals surface area contributed by atoms with Crippen LogP contribution in [0.3, 0.4) is 0 Å². The molecule has 0 aliphatic rings. The van der Waals surface area contributed by atoms with Gasteiger partial charge in [0.1, 0.15) is 12.2 Å². The van der Waals surface area contributed by atoms with Gasteiger partial charge in [-0.3, -0.25) is 0 Å². The molecule has 5 heteroatoms. The highest BCUT2D eigenvalue weighted by molar-refractivity contribution is 9.10. The van der Waals surface area contributed by atoms with Gasteiger partial charge in [0.2, 0.25) is 0 Å². The maximum Gasteiger partial charge on any atom is 0.149 e. The maximum atomic E-state index is 4.12. The normalized spacial score (nSPS) is 14.4. The summed E-state index contributed by atoms with van der Waals surface area (Å²) in [6.45, 7) is 4.24. The predicted octanol–water partition coefficient (Wildman–Crippen LogP) is 2.99. The molecular formula is C13H17BrN4. The Morgan fingerprint density at radius 3 is 2.56 bits per heavy atom. The molecule has 0 spiro atoms. The van der Waals surface area contributed by atoms with E-state index in [4.69, 9.17) is 0 Å². The molecule has 0 amide bonds. The van der Waals surface area contributed by atoms with Crippen LogP contribution in [-0.4, -0.2) is 14.8 Å². The van der Waals surface area contributed by atoms with E-state index in [-0.39, 0.29) is 12.1 Å². The van der Waals surface area contributed by atoms with E-state index in [9.17, 15) is 0 Å². The Morgan fingerprint density at radius 1 is 1.22 bits per heavy atom. The number of nitrogens with zero attached hydrogens (tertiary/aromatic N) is 3. The highest BCUT2D eigenvalue weighted by Gasteiger charge is 2.16. The fraction of sp³-hybridized carbons (Fsp3) is 0.385. The predicted molar refractivity (Wildman–Crippen MR) is 75.1 cm³/mol. The Morgan fingerprint density at radius 2 is 1.94 bits per heavy atom. The molecule has 2 atom stereocenters. The Labute approximate surface area is 116 Å². The number of rotatable bonds is 4. The number of hydrogen-bond donors (Lipinski definition) is 1. The minimum absolute atomic E-state index is 0.152. The van der Waals surface area contributed by atoms with Gasteiger partial charge in [-0.2, -0.15) is 0 Å². The fourth-order valence-electron chi connectivity index (χ4n) is 2.05. The second kappa shape index (κ2) is 5.63. The van der Waals surface area contributed by atoms with Crippen molar-refractivity contribution in [2.24, 2.45) is 7.05 Å². The molecule has 1 heterocycles. The molecule has 1 N–H and O–H groups in total. The van der Waals surface area contributed by atoms with E-state index in [2.05, 4.69) is 57.4 Å². The van der Waals surface area contributed by atoms with E-state index in [1.165, 1.54) is 5.56 Å². The Balaban J connectivity index is 2.11. The summed E-state index contributed by atoms with van der Waals surface area (Å²) < 4.78 is 3.06. The van der Waals surface area contributed by atoms with Crippen molar-refractivity contribution in [3.8, 4) is 0 Å². The summed E-state index contributed by atoms with van der Waals surface area (Å²) in [6.07, 6.45) is 1.72. The first kappa shape index (κ1) is 13.2. The molecule has 1 aromatic carbocycles. The third kappa shape index (κ3) is 2.79. The molecule has 4 nitrogen and oxygen atoms in total. The molecule has 1 aromatic heterocycles. The van der Waals surface area contributed by atoms with Gasteiger partial charge < -0.3 is 9.88 Å². The lowest BCUT2D eigenvalue weighted by Crippen LogP contribution is -2.24. The van der Waals surface area contributed by atoms with Crippen LogP contribution in [0.1, 0.15) is 37.3 Å². The van der Waals surface area contributed by atoms with Crippen molar-refractivity contribution >= 4 is 15.9 Å². The van der Waals surface area contributed by atoms with Gasteiger partial charge in [0.05, 0.1) is 6.04 Å². The summed E-state index contributed by atoms with van der Waals surface area (Å²) >= 11 is 3.58. The zero-order valence-corrected chi connectivity index (χ0v) is 12.3. The van der Waals surface area contributed by atoms with E-state index in [1.807, 2.05) is 23.7 Å². The molecule has 0 bridgehead atoms. The van der Waals surface area contributed by atoms with Crippen LogP contribution in [0.5, 0.6) is 0 Å².